The normalized spacial score (nSPS) is 14.2. The van der Waals surface area contributed by atoms with E-state index < -0.39 is 0 Å². The lowest BCUT2D eigenvalue weighted by molar-refractivity contribution is 0.111. The molecule has 6 nitrogen and oxygen atoms in total. The van der Waals surface area contributed by atoms with Gasteiger partial charge in [-0.2, -0.15) is 0 Å². The number of pyridine rings is 1. The van der Waals surface area contributed by atoms with E-state index in [1.807, 2.05) is 43.3 Å². The molecule has 164 valence electrons. The van der Waals surface area contributed by atoms with Crippen LogP contribution in [0.15, 0.2) is 53.3 Å². The van der Waals surface area contributed by atoms with Gasteiger partial charge in [0.1, 0.15) is 5.75 Å². The Morgan fingerprint density at radius 1 is 1.03 bits per heavy atom. The first-order valence-corrected chi connectivity index (χ1v) is 11.0. The lowest BCUT2D eigenvalue weighted by Gasteiger charge is -2.29. The van der Waals surface area contributed by atoms with Crippen LogP contribution in [-0.2, 0) is 16.1 Å². The second kappa shape index (κ2) is 10.5. The van der Waals surface area contributed by atoms with Crippen molar-refractivity contribution in [3.63, 3.8) is 0 Å². The maximum absolute atomic E-state index is 12.5. The number of fused-ring (bicyclic) bond motifs is 1. The molecule has 2 aromatic carbocycles. The largest absolute Gasteiger partial charge is 0.494 e. The van der Waals surface area contributed by atoms with Gasteiger partial charge in [0.05, 0.1) is 26.4 Å². The van der Waals surface area contributed by atoms with E-state index in [2.05, 4.69) is 22.0 Å². The average Bonchev–Trinajstić information content (AvgIpc) is 2.82. The molecule has 31 heavy (non-hydrogen) atoms. The van der Waals surface area contributed by atoms with Gasteiger partial charge >= 0.3 is 0 Å². The van der Waals surface area contributed by atoms with E-state index in [-0.39, 0.29) is 5.43 Å². The van der Waals surface area contributed by atoms with Gasteiger partial charge in [-0.15, -0.1) is 0 Å². The molecule has 1 aromatic heterocycles. The fraction of sp³-hybridized carbons (Fsp3) is 0.400. The summed E-state index contributed by atoms with van der Waals surface area (Å²) in [6.45, 7) is 6.94. The Balaban J connectivity index is 1.19. The number of aromatic nitrogens is 1. The first kappa shape index (κ1) is 21.4. The minimum Gasteiger partial charge on any atom is -0.494 e. The summed E-state index contributed by atoms with van der Waals surface area (Å²) < 4.78 is 17.2. The van der Waals surface area contributed by atoms with Crippen LogP contribution in [0.1, 0.15) is 24.1 Å². The molecule has 0 amide bonds. The van der Waals surface area contributed by atoms with Gasteiger partial charge in [0.15, 0.2) is 5.43 Å². The van der Waals surface area contributed by atoms with Gasteiger partial charge in [-0.1, -0.05) is 18.2 Å². The van der Waals surface area contributed by atoms with E-state index >= 15 is 0 Å². The van der Waals surface area contributed by atoms with Gasteiger partial charge in [0.25, 0.3) is 0 Å². The Bertz CT molecular complexity index is 1060. The summed E-state index contributed by atoms with van der Waals surface area (Å²) in [6, 6.07) is 15.8. The SMILES string of the molecule is Cc1c(COCCCCOc2cccc(N3CCOCC3)c2)[nH]c2ccccc2c1=O. The van der Waals surface area contributed by atoms with Gasteiger partial charge < -0.3 is 24.1 Å². The highest BCUT2D eigenvalue weighted by Crippen LogP contribution is 2.22. The number of morpholine rings is 1. The highest BCUT2D eigenvalue weighted by Gasteiger charge is 2.11. The topological polar surface area (TPSA) is 63.8 Å². The number of ether oxygens (including phenoxy) is 3. The molecule has 0 unspecified atom stereocenters. The molecule has 6 heteroatoms. The third-order valence-corrected chi connectivity index (χ3v) is 5.64. The Morgan fingerprint density at radius 3 is 2.71 bits per heavy atom. The van der Waals surface area contributed by atoms with Gasteiger partial charge in [-0.25, -0.2) is 0 Å². The number of nitrogens with one attached hydrogen (secondary N) is 1. The van der Waals surface area contributed by atoms with Crippen molar-refractivity contribution < 1.29 is 14.2 Å². The van der Waals surface area contributed by atoms with Crippen molar-refractivity contribution in [3.8, 4) is 5.75 Å². The zero-order valence-corrected chi connectivity index (χ0v) is 18.1. The molecule has 2 heterocycles. The van der Waals surface area contributed by atoms with Crippen LogP contribution in [0, 0.1) is 6.92 Å². The van der Waals surface area contributed by atoms with Crippen LogP contribution in [0.4, 0.5) is 5.69 Å². The minimum absolute atomic E-state index is 0.0701. The van der Waals surface area contributed by atoms with Crippen molar-refractivity contribution >= 4 is 16.6 Å². The predicted molar refractivity (Wildman–Crippen MR) is 123 cm³/mol. The molecule has 1 aliphatic heterocycles. The van der Waals surface area contributed by atoms with E-state index in [1.54, 1.807) is 0 Å². The summed E-state index contributed by atoms with van der Waals surface area (Å²) in [5, 5.41) is 0.721. The molecule has 0 atom stereocenters. The molecular formula is C25H30N2O4. The van der Waals surface area contributed by atoms with Crippen LogP contribution in [0.5, 0.6) is 5.75 Å². The van der Waals surface area contributed by atoms with Crippen molar-refractivity contribution in [2.45, 2.75) is 26.4 Å². The molecule has 0 aliphatic carbocycles. The number of benzene rings is 2. The Morgan fingerprint density at radius 2 is 1.84 bits per heavy atom. The second-order valence-corrected chi connectivity index (χ2v) is 7.81. The van der Waals surface area contributed by atoms with E-state index in [1.165, 1.54) is 5.69 Å². The number of anilines is 1. The Labute approximate surface area is 182 Å². The third-order valence-electron chi connectivity index (χ3n) is 5.64. The van der Waals surface area contributed by atoms with Crippen molar-refractivity contribution in [2.75, 3.05) is 44.4 Å². The molecule has 0 bridgehead atoms. The van der Waals surface area contributed by atoms with E-state index in [4.69, 9.17) is 14.2 Å². The third kappa shape index (κ3) is 5.46. The van der Waals surface area contributed by atoms with Crippen molar-refractivity contribution in [1.82, 2.24) is 4.98 Å². The Hall–Kier alpha value is -2.83. The summed E-state index contributed by atoms with van der Waals surface area (Å²) in [7, 11) is 0. The van der Waals surface area contributed by atoms with Gasteiger partial charge in [0, 0.05) is 53.6 Å². The van der Waals surface area contributed by atoms with Crippen LogP contribution in [-0.4, -0.2) is 44.5 Å². The maximum Gasteiger partial charge on any atom is 0.192 e. The molecule has 0 spiro atoms. The van der Waals surface area contributed by atoms with Gasteiger partial charge in [-0.05, 0) is 44.0 Å². The summed E-state index contributed by atoms with van der Waals surface area (Å²) in [6.07, 6.45) is 1.81. The lowest BCUT2D eigenvalue weighted by atomic mass is 10.1. The van der Waals surface area contributed by atoms with Crippen molar-refractivity contribution in [2.24, 2.45) is 0 Å². The van der Waals surface area contributed by atoms with Crippen LogP contribution in [0.3, 0.4) is 0 Å². The molecular weight excluding hydrogens is 392 g/mol. The van der Waals surface area contributed by atoms with Crippen molar-refractivity contribution in [3.05, 3.63) is 70.0 Å². The van der Waals surface area contributed by atoms with E-state index in [9.17, 15) is 4.79 Å². The molecule has 4 rings (SSSR count). The molecule has 0 radical (unpaired) electrons. The number of para-hydroxylation sites is 1. The fourth-order valence-electron chi connectivity index (χ4n) is 3.79. The average molecular weight is 423 g/mol. The molecule has 0 saturated carbocycles. The Kier molecular flexibility index (Phi) is 7.22. The fourth-order valence-corrected chi connectivity index (χ4v) is 3.79. The zero-order chi connectivity index (χ0) is 21.5. The summed E-state index contributed by atoms with van der Waals surface area (Å²) in [5.74, 6) is 0.897. The first-order chi connectivity index (χ1) is 15.2. The van der Waals surface area contributed by atoms with Crippen molar-refractivity contribution in [1.29, 1.82) is 0 Å². The lowest BCUT2D eigenvalue weighted by Crippen LogP contribution is -2.36. The highest BCUT2D eigenvalue weighted by molar-refractivity contribution is 5.79. The van der Waals surface area contributed by atoms with Crippen LogP contribution >= 0.6 is 0 Å². The molecule has 3 aromatic rings. The number of unbranched alkanes of at least 4 members (excludes halogenated alkanes) is 1. The molecule has 1 N–H and O–H groups in total. The number of hydrogen-bond acceptors (Lipinski definition) is 5. The number of hydrogen-bond donors (Lipinski definition) is 1. The van der Waals surface area contributed by atoms with Crippen LogP contribution in [0.25, 0.3) is 10.9 Å². The smallest absolute Gasteiger partial charge is 0.192 e. The molecule has 1 fully saturated rings. The summed E-state index contributed by atoms with van der Waals surface area (Å²) in [4.78, 5) is 18.1. The molecule has 1 saturated heterocycles. The number of nitrogens with zero attached hydrogens (tertiary/aromatic N) is 1. The number of aromatic amines is 1. The van der Waals surface area contributed by atoms with Gasteiger partial charge in [0.2, 0.25) is 0 Å². The quantitative estimate of drug-likeness (QED) is 0.527. The summed E-state index contributed by atoms with van der Waals surface area (Å²) >= 11 is 0. The second-order valence-electron chi connectivity index (χ2n) is 7.81. The van der Waals surface area contributed by atoms with Gasteiger partial charge in [-0.3, -0.25) is 4.79 Å². The van der Waals surface area contributed by atoms with Crippen LogP contribution in [0.2, 0.25) is 0 Å². The molecule has 1 aliphatic rings. The standard InChI is InChI=1S/C25H30N2O4/c1-19-24(26-23-10-3-2-9-22(23)25(19)28)18-30-13-4-5-14-31-21-8-6-7-20(17-21)27-11-15-29-16-12-27/h2-3,6-10,17H,4-5,11-16,18H2,1H3,(H,26,28). The first-order valence-electron chi connectivity index (χ1n) is 11.0. The maximum atomic E-state index is 12.5. The monoisotopic (exact) mass is 422 g/mol. The highest BCUT2D eigenvalue weighted by atomic mass is 16.5. The number of H-pyrrole nitrogens is 1. The summed E-state index contributed by atoms with van der Waals surface area (Å²) in [5.41, 5.74) is 3.68. The predicted octanol–water partition coefficient (Wildman–Crippen LogP) is 4.05. The zero-order valence-electron chi connectivity index (χ0n) is 18.1. The number of rotatable bonds is 9. The van der Waals surface area contributed by atoms with E-state index in [0.717, 1.165) is 67.1 Å². The van der Waals surface area contributed by atoms with Crippen LogP contribution < -0.4 is 15.1 Å². The van der Waals surface area contributed by atoms with E-state index in [0.29, 0.717) is 19.8 Å². The minimum atomic E-state index is 0.0701.